The highest BCUT2D eigenvalue weighted by Crippen LogP contribution is 2.36. The minimum atomic E-state index is -4.93. The van der Waals surface area contributed by atoms with E-state index in [0.29, 0.717) is 10.9 Å². The van der Waals surface area contributed by atoms with Gasteiger partial charge in [0, 0.05) is 24.3 Å². The lowest BCUT2D eigenvalue weighted by Crippen LogP contribution is -2.27. The molecule has 10 heteroatoms. The van der Waals surface area contributed by atoms with Crippen LogP contribution in [0, 0.1) is 5.92 Å². The first-order valence-corrected chi connectivity index (χ1v) is 9.83. The van der Waals surface area contributed by atoms with Crippen LogP contribution in [0.5, 0.6) is 5.75 Å². The van der Waals surface area contributed by atoms with Gasteiger partial charge in [0.15, 0.2) is 5.75 Å². The van der Waals surface area contributed by atoms with Crippen molar-refractivity contribution in [1.29, 1.82) is 0 Å². The summed E-state index contributed by atoms with van der Waals surface area (Å²) in [5, 5.41) is 16.6. The Balaban J connectivity index is 1.89. The molecule has 0 atom stereocenters. The van der Waals surface area contributed by atoms with E-state index in [0.717, 1.165) is 31.7 Å². The topological polar surface area (TPSA) is 85.6 Å². The summed E-state index contributed by atoms with van der Waals surface area (Å²) < 4.78 is 49.6. The first kappa shape index (κ1) is 22.2. The minimum absolute atomic E-state index is 0.106. The summed E-state index contributed by atoms with van der Waals surface area (Å²) in [6.07, 6.45) is -0.678. The maximum Gasteiger partial charge on any atom is 0.573 e. The van der Waals surface area contributed by atoms with Crippen molar-refractivity contribution >= 4 is 22.7 Å². The summed E-state index contributed by atoms with van der Waals surface area (Å²) >= 11 is 0. The van der Waals surface area contributed by atoms with Crippen LogP contribution in [0.15, 0.2) is 18.3 Å². The number of ether oxygens (including phenoxy) is 2. The van der Waals surface area contributed by atoms with Crippen LogP contribution >= 0.6 is 0 Å². The molecule has 0 spiro atoms. The van der Waals surface area contributed by atoms with Gasteiger partial charge in [-0.2, -0.15) is 5.10 Å². The van der Waals surface area contributed by atoms with E-state index in [2.05, 4.69) is 15.2 Å². The van der Waals surface area contributed by atoms with E-state index in [-0.39, 0.29) is 24.3 Å². The molecule has 1 fully saturated rings. The third kappa shape index (κ3) is 5.78. The largest absolute Gasteiger partial charge is 0.573 e. The average Bonchev–Trinajstić information content (AvgIpc) is 3.02. The fourth-order valence-electron chi connectivity index (χ4n) is 3.57. The molecular formula is C20H26F3N3O4. The van der Waals surface area contributed by atoms with Crippen molar-refractivity contribution < 1.29 is 32.5 Å². The van der Waals surface area contributed by atoms with E-state index >= 15 is 0 Å². The molecule has 7 nitrogen and oxygen atoms in total. The van der Waals surface area contributed by atoms with Crippen molar-refractivity contribution in [2.45, 2.75) is 64.5 Å². The molecule has 1 aromatic heterocycles. The quantitative estimate of drug-likeness (QED) is 0.714. The number of hydrogen-bond donors (Lipinski definition) is 2. The number of benzene rings is 1. The molecule has 166 valence electrons. The Labute approximate surface area is 172 Å². The molecule has 0 bridgehead atoms. The highest BCUT2D eigenvalue weighted by molar-refractivity contribution is 5.93. The second kappa shape index (κ2) is 8.33. The Kier molecular flexibility index (Phi) is 6.16. The lowest BCUT2D eigenvalue weighted by Gasteiger charge is -2.27. The third-order valence-corrected chi connectivity index (χ3v) is 4.93. The Morgan fingerprint density at radius 2 is 1.90 bits per heavy atom. The molecule has 30 heavy (non-hydrogen) atoms. The Bertz CT molecular complexity index is 897. The summed E-state index contributed by atoms with van der Waals surface area (Å²) in [5.41, 5.74) is -0.636. The van der Waals surface area contributed by atoms with Gasteiger partial charge in [0.25, 0.3) is 0 Å². The predicted molar refractivity (Wildman–Crippen MR) is 104 cm³/mol. The molecule has 1 aliphatic rings. The zero-order valence-electron chi connectivity index (χ0n) is 17.1. The number of amides is 1. The Morgan fingerprint density at radius 3 is 2.47 bits per heavy atom. The Hall–Kier alpha value is -2.49. The number of fused-ring (bicyclic) bond motifs is 1. The van der Waals surface area contributed by atoms with E-state index in [4.69, 9.17) is 4.74 Å². The molecule has 0 radical (unpaired) electrons. The van der Waals surface area contributed by atoms with Crippen LogP contribution in [0.2, 0.25) is 0 Å². The van der Waals surface area contributed by atoms with Crippen molar-refractivity contribution in [2.24, 2.45) is 5.92 Å². The molecule has 2 N–H and O–H groups in total. The van der Waals surface area contributed by atoms with Crippen LogP contribution in [0.25, 0.3) is 10.9 Å². The number of carbonyl (C=O) groups is 1. The minimum Gasteiger partial charge on any atom is -0.444 e. The van der Waals surface area contributed by atoms with E-state index in [1.165, 1.54) is 6.07 Å². The molecule has 0 saturated heterocycles. The van der Waals surface area contributed by atoms with Crippen molar-refractivity contribution in [2.75, 3.05) is 11.9 Å². The summed E-state index contributed by atoms with van der Waals surface area (Å²) in [6, 6.07) is 2.66. The van der Waals surface area contributed by atoms with Crippen LogP contribution in [-0.4, -0.2) is 39.6 Å². The summed E-state index contributed by atoms with van der Waals surface area (Å²) in [5.74, 6) is -0.280. The van der Waals surface area contributed by atoms with Gasteiger partial charge in [-0.3, -0.25) is 10.00 Å². The fraction of sp³-hybridized carbons (Fsp3) is 0.600. The third-order valence-electron chi connectivity index (χ3n) is 4.93. The van der Waals surface area contributed by atoms with E-state index in [9.17, 15) is 23.1 Å². The van der Waals surface area contributed by atoms with Crippen molar-refractivity contribution in [3.05, 3.63) is 18.3 Å². The molecule has 2 aromatic rings. The monoisotopic (exact) mass is 429 g/mol. The maximum atomic E-state index is 12.9. The predicted octanol–water partition coefficient (Wildman–Crippen LogP) is 5.01. The van der Waals surface area contributed by atoms with Gasteiger partial charge in [0.05, 0.1) is 17.2 Å². The summed E-state index contributed by atoms with van der Waals surface area (Å²) in [7, 11) is 0. The highest BCUT2D eigenvalue weighted by atomic mass is 19.4. The average molecular weight is 429 g/mol. The number of rotatable bonds is 4. The summed E-state index contributed by atoms with van der Waals surface area (Å²) in [6.45, 7) is 5.11. The number of nitrogens with one attached hydrogen (secondary N) is 1. The molecule has 1 heterocycles. The fourth-order valence-corrected chi connectivity index (χ4v) is 3.57. The molecule has 0 aliphatic heterocycles. The zero-order chi connectivity index (χ0) is 22.1. The second-order valence-electron chi connectivity index (χ2n) is 8.55. The number of aliphatic hydroxyl groups excluding tert-OH is 1. The van der Waals surface area contributed by atoms with Gasteiger partial charge >= 0.3 is 12.5 Å². The first-order valence-electron chi connectivity index (χ1n) is 9.83. The smallest absolute Gasteiger partial charge is 0.444 e. The van der Waals surface area contributed by atoms with Gasteiger partial charge < -0.3 is 14.6 Å². The number of nitrogens with zero attached hydrogens (tertiary/aromatic N) is 2. The lowest BCUT2D eigenvalue weighted by atomic mass is 9.87. The number of aromatic nitrogens is 2. The molecule has 1 aromatic carbocycles. The Morgan fingerprint density at radius 1 is 1.23 bits per heavy atom. The van der Waals surface area contributed by atoms with Crippen LogP contribution < -0.4 is 10.1 Å². The second-order valence-corrected chi connectivity index (χ2v) is 8.55. The molecule has 3 rings (SSSR count). The van der Waals surface area contributed by atoms with Gasteiger partial charge in [-0.1, -0.05) is 0 Å². The van der Waals surface area contributed by atoms with Crippen molar-refractivity contribution in [1.82, 2.24) is 9.78 Å². The van der Waals surface area contributed by atoms with Crippen LogP contribution in [0.3, 0.4) is 0 Å². The van der Waals surface area contributed by atoms with Gasteiger partial charge in [-0.05, 0) is 58.4 Å². The first-order chi connectivity index (χ1) is 13.9. The normalized spacial score (nSPS) is 20.2. The van der Waals surface area contributed by atoms with Crippen molar-refractivity contribution in [3.8, 4) is 5.75 Å². The van der Waals surface area contributed by atoms with Gasteiger partial charge in [0.2, 0.25) is 0 Å². The van der Waals surface area contributed by atoms with E-state index in [1.807, 2.05) is 0 Å². The summed E-state index contributed by atoms with van der Waals surface area (Å²) in [4.78, 5) is 12.1. The number of alkyl halides is 3. The number of carbonyl (C=O) groups excluding carboxylic acids is 1. The van der Waals surface area contributed by atoms with Crippen LogP contribution in [0.4, 0.5) is 23.7 Å². The van der Waals surface area contributed by atoms with Gasteiger partial charge in [-0.25, -0.2) is 4.79 Å². The SMILES string of the molecule is CC(C)(C)OC(=O)Nc1cc2cn([C@H]3CC[C@H](CO)CC3)nc2cc1OC(F)(F)F. The van der Waals surface area contributed by atoms with E-state index < -0.39 is 23.8 Å². The standard InChI is InChI=1S/C20H26F3N3O4/c1-19(2,3)30-18(28)24-16-8-13-10-26(14-6-4-12(11-27)5-7-14)25-15(13)9-17(16)29-20(21,22)23/h8-10,12,14,27H,4-7,11H2,1-3H3,(H,24,28)/t12-,14-. The van der Waals surface area contributed by atoms with Gasteiger partial charge in [0.1, 0.15) is 5.60 Å². The lowest BCUT2D eigenvalue weighted by molar-refractivity contribution is -0.274. The van der Waals surface area contributed by atoms with Gasteiger partial charge in [-0.15, -0.1) is 13.2 Å². The number of hydrogen-bond acceptors (Lipinski definition) is 5. The molecule has 0 unspecified atom stereocenters. The zero-order valence-corrected chi connectivity index (χ0v) is 17.1. The molecular weight excluding hydrogens is 403 g/mol. The van der Waals surface area contributed by atoms with E-state index in [1.54, 1.807) is 31.6 Å². The maximum absolute atomic E-state index is 12.9. The van der Waals surface area contributed by atoms with Crippen LogP contribution in [0.1, 0.15) is 52.5 Å². The number of halogens is 3. The highest BCUT2D eigenvalue weighted by Gasteiger charge is 2.33. The molecule has 1 aliphatic carbocycles. The number of aliphatic hydroxyl groups is 1. The number of anilines is 1. The van der Waals surface area contributed by atoms with Crippen LogP contribution in [-0.2, 0) is 4.74 Å². The molecule has 1 amide bonds. The molecule has 1 saturated carbocycles. The van der Waals surface area contributed by atoms with Crippen molar-refractivity contribution in [3.63, 3.8) is 0 Å².